The quantitative estimate of drug-likeness (QED) is 0.735. The molecule has 4 rings (SSSR count). The topological polar surface area (TPSA) is 19.4 Å². The van der Waals surface area contributed by atoms with Crippen LogP contribution in [-0.2, 0) is 6.18 Å². The third kappa shape index (κ3) is 3.35. The van der Waals surface area contributed by atoms with E-state index < -0.39 is 17.6 Å². The molecular weight excluding hydrogens is 354 g/mol. The monoisotopic (exact) mass is 375 g/mol. The molecule has 3 fully saturated rings. The molecule has 3 saturated heterocycles. The molecule has 4 heterocycles. The largest absolute Gasteiger partial charge is 0.420 e. The Balaban J connectivity index is 1.42. The average Bonchev–Trinajstić information content (AvgIpc) is 3.00. The first-order chi connectivity index (χ1) is 11.9. The van der Waals surface area contributed by atoms with Gasteiger partial charge in [0.05, 0.1) is 6.20 Å². The van der Waals surface area contributed by atoms with Crippen molar-refractivity contribution < 1.29 is 17.6 Å². The van der Waals surface area contributed by atoms with Crippen LogP contribution in [0.3, 0.4) is 0 Å². The van der Waals surface area contributed by atoms with Gasteiger partial charge >= 0.3 is 6.18 Å². The molecular formula is C17H21F4N3S. The summed E-state index contributed by atoms with van der Waals surface area (Å²) < 4.78 is 52.8. The maximum atomic E-state index is 13.2. The van der Waals surface area contributed by atoms with E-state index in [2.05, 4.69) is 9.88 Å². The van der Waals surface area contributed by atoms with Crippen LogP contribution in [0, 0.1) is 11.2 Å². The van der Waals surface area contributed by atoms with E-state index in [0.717, 1.165) is 32.1 Å². The number of thioether (sulfide) groups is 1. The number of rotatable bonds is 2. The molecule has 1 spiro atoms. The van der Waals surface area contributed by atoms with Gasteiger partial charge in [-0.05, 0) is 31.9 Å². The first-order valence-electron chi connectivity index (χ1n) is 8.66. The highest BCUT2D eigenvalue weighted by Crippen LogP contribution is 2.46. The van der Waals surface area contributed by atoms with E-state index in [9.17, 15) is 17.6 Å². The molecule has 25 heavy (non-hydrogen) atoms. The smallest absolute Gasteiger partial charge is 0.356 e. The molecule has 1 aromatic rings. The van der Waals surface area contributed by atoms with Crippen LogP contribution in [0.15, 0.2) is 12.3 Å². The van der Waals surface area contributed by atoms with Crippen molar-refractivity contribution in [1.29, 1.82) is 0 Å². The number of alkyl halides is 3. The lowest BCUT2D eigenvalue weighted by atomic mass is 9.91. The maximum Gasteiger partial charge on any atom is 0.420 e. The molecule has 3 aliphatic rings. The predicted molar refractivity (Wildman–Crippen MR) is 90.4 cm³/mol. The lowest BCUT2D eigenvalue weighted by Crippen LogP contribution is -2.47. The van der Waals surface area contributed by atoms with E-state index in [4.69, 9.17) is 0 Å². The number of piperidine rings is 1. The second-order valence-corrected chi connectivity index (χ2v) is 8.44. The number of aromatic nitrogens is 1. The Morgan fingerprint density at radius 2 is 1.88 bits per heavy atom. The van der Waals surface area contributed by atoms with E-state index in [1.54, 1.807) is 4.90 Å². The first-order valence-corrected chi connectivity index (χ1v) is 9.81. The summed E-state index contributed by atoms with van der Waals surface area (Å²) in [5.41, 5.74) is -0.471. The Morgan fingerprint density at radius 1 is 1.16 bits per heavy atom. The van der Waals surface area contributed by atoms with E-state index in [1.165, 1.54) is 17.9 Å². The van der Waals surface area contributed by atoms with Gasteiger partial charge in [-0.1, -0.05) is 0 Å². The molecule has 138 valence electrons. The van der Waals surface area contributed by atoms with Crippen molar-refractivity contribution in [3.8, 4) is 0 Å². The molecule has 0 aromatic carbocycles. The summed E-state index contributed by atoms with van der Waals surface area (Å²) in [4.78, 5) is 7.94. The summed E-state index contributed by atoms with van der Waals surface area (Å²) in [6.07, 6.45) is -0.809. The summed E-state index contributed by atoms with van der Waals surface area (Å²) in [6, 6.07) is 0.989. The van der Waals surface area contributed by atoms with Gasteiger partial charge < -0.3 is 4.90 Å². The fourth-order valence-corrected chi connectivity index (χ4v) is 5.50. The number of anilines is 1. The van der Waals surface area contributed by atoms with Crippen molar-refractivity contribution in [2.45, 2.75) is 31.5 Å². The Labute approximate surface area is 148 Å². The van der Waals surface area contributed by atoms with E-state index in [-0.39, 0.29) is 5.82 Å². The maximum absolute atomic E-state index is 13.2. The predicted octanol–water partition coefficient (Wildman–Crippen LogP) is 3.65. The van der Waals surface area contributed by atoms with Gasteiger partial charge in [-0.15, -0.1) is 0 Å². The van der Waals surface area contributed by atoms with Crippen LogP contribution in [0.2, 0.25) is 0 Å². The summed E-state index contributed by atoms with van der Waals surface area (Å²) >= 11 is 2.00. The van der Waals surface area contributed by atoms with E-state index in [1.807, 2.05) is 11.8 Å². The van der Waals surface area contributed by atoms with Crippen molar-refractivity contribution in [3.63, 3.8) is 0 Å². The van der Waals surface area contributed by atoms with Crippen molar-refractivity contribution in [3.05, 3.63) is 23.6 Å². The minimum atomic E-state index is -4.59. The second kappa shape index (κ2) is 6.30. The number of halogens is 4. The first kappa shape index (κ1) is 17.4. The lowest BCUT2D eigenvalue weighted by Gasteiger charge is -2.41. The van der Waals surface area contributed by atoms with Crippen LogP contribution in [0.5, 0.6) is 0 Å². The normalized spacial score (nSPS) is 24.7. The standard InChI is InChI=1S/C17H21F4N3S/c18-12-7-14(17(19,20)21)15(22-8-12)23-4-1-13(2-5-23)24-6-3-16(9-24)10-25-11-16/h7-8,13H,1-6,9-11H2. The molecule has 0 atom stereocenters. The Kier molecular flexibility index (Phi) is 4.38. The molecule has 3 aliphatic heterocycles. The summed E-state index contributed by atoms with van der Waals surface area (Å²) in [5, 5.41) is 0. The fourth-order valence-electron chi connectivity index (χ4n) is 4.24. The molecule has 1 aromatic heterocycles. The van der Waals surface area contributed by atoms with Gasteiger partial charge in [0, 0.05) is 42.6 Å². The third-order valence-corrected chi connectivity index (χ3v) is 7.34. The Morgan fingerprint density at radius 3 is 2.44 bits per heavy atom. The number of hydrogen-bond acceptors (Lipinski definition) is 4. The van der Waals surface area contributed by atoms with Gasteiger partial charge in [-0.25, -0.2) is 9.37 Å². The molecule has 0 bridgehead atoms. The fraction of sp³-hybridized carbons (Fsp3) is 0.706. The molecule has 0 amide bonds. The Bertz CT molecular complexity index is 639. The van der Waals surface area contributed by atoms with Crippen molar-refractivity contribution >= 4 is 17.6 Å². The van der Waals surface area contributed by atoms with Crippen molar-refractivity contribution in [2.75, 3.05) is 42.6 Å². The molecule has 0 saturated carbocycles. The number of nitrogens with zero attached hydrogens (tertiary/aromatic N) is 3. The highest BCUT2D eigenvalue weighted by molar-refractivity contribution is 8.00. The zero-order chi connectivity index (χ0) is 17.7. The van der Waals surface area contributed by atoms with Gasteiger partial charge in [0.15, 0.2) is 0 Å². The summed E-state index contributed by atoms with van der Waals surface area (Å²) in [5.74, 6) is 1.40. The zero-order valence-corrected chi connectivity index (χ0v) is 14.7. The highest BCUT2D eigenvalue weighted by Gasteiger charge is 2.45. The van der Waals surface area contributed by atoms with Gasteiger partial charge in [0.1, 0.15) is 17.2 Å². The molecule has 0 radical (unpaired) electrons. The molecule has 0 N–H and O–H groups in total. The van der Waals surface area contributed by atoms with Crippen LogP contribution in [0.25, 0.3) is 0 Å². The van der Waals surface area contributed by atoms with Gasteiger partial charge in [-0.3, -0.25) is 4.90 Å². The summed E-state index contributed by atoms with van der Waals surface area (Å²) in [7, 11) is 0. The molecule has 8 heteroatoms. The average molecular weight is 375 g/mol. The third-order valence-electron chi connectivity index (χ3n) is 5.70. The van der Waals surface area contributed by atoms with E-state index >= 15 is 0 Å². The minimum absolute atomic E-state index is 0.138. The molecule has 0 aliphatic carbocycles. The SMILES string of the molecule is Fc1cnc(N2CCC(N3CCC4(CSC4)C3)CC2)c(C(F)(F)F)c1. The highest BCUT2D eigenvalue weighted by atomic mass is 32.2. The second-order valence-electron chi connectivity index (χ2n) is 7.45. The van der Waals surface area contributed by atoms with Crippen molar-refractivity contribution in [2.24, 2.45) is 5.41 Å². The number of pyridine rings is 1. The lowest BCUT2D eigenvalue weighted by molar-refractivity contribution is -0.137. The molecule has 0 unspecified atom stereocenters. The van der Waals surface area contributed by atoms with Gasteiger partial charge in [-0.2, -0.15) is 24.9 Å². The zero-order valence-electron chi connectivity index (χ0n) is 13.9. The van der Waals surface area contributed by atoms with Crippen molar-refractivity contribution in [1.82, 2.24) is 9.88 Å². The van der Waals surface area contributed by atoms with Gasteiger partial charge in [0.2, 0.25) is 0 Å². The van der Waals surface area contributed by atoms with Crippen LogP contribution in [0.4, 0.5) is 23.4 Å². The van der Waals surface area contributed by atoms with Crippen LogP contribution >= 0.6 is 11.8 Å². The van der Waals surface area contributed by atoms with Gasteiger partial charge in [0.25, 0.3) is 0 Å². The number of hydrogen-bond donors (Lipinski definition) is 0. The van der Waals surface area contributed by atoms with Crippen LogP contribution < -0.4 is 4.90 Å². The minimum Gasteiger partial charge on any atom is -0.356 e. The summed E-state index contributed by atoms with van der Waals surface area (Å²) in [6.45, 7) is 3.30. The van der Waals surface area contributed by atoms with E-state index in [0.29, 0.717) is 30.6 Å². The Hall–Kier alpha value is -1.02. The molecule has 3 nitrogen and oxygen atoms in total. The van der Waals surface area contributed by atoms with Crippen LogP contribution in [0.1, 0.15) is 24.8 Å². The van der Waals surface area contributed by atoms with Crippen LogP contribution in [-0.4, -0.2) is 53.6 Å². The number of likely N-dealkylation sites (tertiary alicyclic amines) is 1.